The highest BCUT2D eigenvalue weighted by Gasteiger charge is 2.37. The van der Waals surface area contributed by atoms with Crippen molar-refractivity contribution in [3.8, 4) is 0 Å². The fourth-order valence-corrected chi connectivity index (χ4v) is 4.74. The Bertz CT molecular complexity index is 614. The smallest absolute Gasteiger partial charge is 0.243 e. The zero-order valence-corrected chi connectivity index (χ0v) is 14.8. The van der Waals surface area contributed by atoms with Crippen molar-refractivity contribution in [2.24, 2.45) is 0 Å². The summed E-state index contributed by atoms with van der Waals surface area (Å²) in [5.41, 5.74) is 0.635. The minimum absolute atomic E-state index is 0.148. The maximum Gasteiger partial charge on any atom is 0.243 e. The summed E-state index contributed by atoms with van der Waals surface area (Å²) in [6, 6.07) is 5.39. The highest BCUT2D eigenvalue weighted by Crippen LogP contribution is 2.28. The van der Waals surface area contributed by atoms with Gasteiger partial charge in [-0.15, -0.1) is 0 Å². The zero-order valence-electron chi connectivity index (χ0n) is 12.4. The van der Waals surface area contributed by atoms with Gasteiger partial charge in [0.1, 0.15) is 0 Å². The standard InChI is InChI=1S/C14H21BrN2O2S/c1-11-5-6-12(15)9-13(11)20(18,19)17-8-7-16(4)14(2,3)10-17/h5-6,9H,7-8,10H2,1-4H3. The molecule has 1 fully saturated rings. The van der Waals surface area contributed by atoms with Gasteiger partial charge in [0.15, 0.2) is 0 Å². The van der Waals surface area contributed by atoms with Crippen LogP contribution in [0, 0.1) is 6.92 Å². The third-order valence-corrected chi connectivity index (χ3v) is 6.53. The Balaban J connectivity index is 2.38. The van der Waals surface area contributed by atoms with E-state index in [0.717, 1.165) is 16.6 Å². The van der Waals surface area contributed by atoms with Gasteiger partial charge >= 0.3 is 0 Å². The summed E-state index contributed by atoms with van der Waals surface area (Å²) < 4.78 is 28.1. The monoisotopic (exact) mass is 360 g/mol. The van der Waals surface area contributed by atoms with Crippen LogP contribution >= 0.6 is 15.9 Å². The molecule has 0 spiro atoms. The van der Waals surface area contributed by atoms with E-state index in [1.165, 1.54) is 0 Å². The molecule has 0 radical (unpaired) electrons. The second-order valence-corrected chi connectivity index (χ2v) is 8.80. The highest BCUT2D eigenvalue weighted by molar-refractivity contribution is 9.10. The van der Waals surface area contributed by atoms with E-state index in [1.807, 2.05) is 26.1 Å². The third-order valence-electron chi connectivity index (χ3n) is 4.05. The predicted molar refractivity (Wildman–Crippen MR) is 84.3 cm³/mol. The van der Waals surface area contributed by atoms with Crippen molar-refractivity contribution < 1.29 is 8.42 Å². The van der Waals surface area contributed by atoms with Crippen LogP contribution in [0.15, 0.2) is 27.6 Å². The first-order valence-corrected chi connectivity index (χ1v) is 8.85. The largest absolute Gasteiger partial charge is 0.299 e. The van der Waals surface area contributed by atoms with E-state index in [0.29, 0.717) is 18.0 Å². The fraction of sp³-hybridized carbons (Fsp3) is 0.571. The molecule has 4 nitrogen and oxygen atoms in total. The highest BCUT2D eigenvalue weighted by atomic mass is 79.9. The van der Waals surface area contributed by atoms with Crippen LogP contribution in [0.3, 0.4) is 0 Å². The van der Waals surface area contributed by atoms with E-state index in [-0.39, 0.29) is 5.54 Å². The number of rotatable bonds is 2. The Hall–Kier alpha value is -0.430. The van der Waals surface area contributed by atoms with Crippen LogP contribution in [0.4, 0.5) is 0 Å². The van der Waals surface area contributed by atoms with Crippen LogP contribution < -0.4 is 0 Å². The Kier molecular flexibility index (Phi) is 4.31. The van der Waals surface area contributed by atoms with Gasteiger partial charge in [-0.2, -0.15) is 4.31 Å². The van der Waals surface area contributed by atoms with Gasteiger partial charge in [-0.25, -0.2) is 8.42 Å². The lowest BCUT2D eigenvalue weighted by atomic mass is 10.0. The van der Waals surface area contributed by atoms with Crippen molar-refractivity contribution in [2.45, 2.75) is 31.2 Å². The second kappa shape index (κ2) is 5.40. The van der Waals surface area contributed by atoms with Gasteiger partial charge in [0.25, 0.3) is 0 Å². The van der Waals surface area contributed by atoms with Gasteiger partial charge in [0.2, 0.25) is 10.0 Å². The van der Waals surface area contributed by atoms with E-state index in [1.54, 1.807) is 10.4 Å². The molecule has 1 aromatic carbocycles. The van der Waals surface area contributed by atoms with E-state index in [4.69, 9.17) is 0 Å². The molecular formula is C14H21BrN2O2S. The molecule has 0 aliphatic carbocycles. The van der Waals surface area contributed by atoms with Gasteiger partial charge in [0.05, 0.1) is 4.90 Å². The number of benzene rings is 1. The summed E-state index contributed by atoms with van der Waals surface area (Å²) in [4.78, 5) is 2.60. The van der Waals surface area contributed by atoms with Crippen LogP contribution in [0.5, 0.6) is 0 Å². The van der Waals surface area contributed by atoms with E-state index in [2.05, 4.69) is 34.7 Å². The van der Waals surface area contributed by atoms with Crippen molar-refractivity contribution in [1.82, 2.24) is 9.21 Å². The third kappa shape index (κ3) is 2.93. The molecule has 1 aromatic rings. The lowest BCUT2D eigenvalue weighted by molar-refractivity contribution is 0.0801. The lowest BCUT2D eigenvalue weighted by Gasteiger charge is -2.44. The number of halogens is 1. The molecule has 0 aromatic heterocycles. The first-order valence-electron chi connectivity index (χ1n) is 6.62. The van der Waals surface area contributed by atoms with E-state index < -0.39 is 10.0 Å². The maximum absolute atomic E-state index is 12.8. The molecule has 0 atom stereocenters. The van der Waals surface area contributed by atoms with E-state index >= 15 is 0 Å². The van der Waals surface area contributed by atoms with Crippen LogP contribution in [0.1, 0.15) is 19.4 Å². The molecule has 0 bridgehead atoms. The zero-order chi connectivity index (χ0) is 15.1. The van der Waals surface area contributed by atoms with Crippen molar-refractivity contribution in [2.75, 3.05) is 26.7 Å². The molecule has 1 heterocycles. The molecule has 6 heteroatoms. The average molecular weight is 361 g/mol. The van der Waals surface area contributed by atoms with Crippen LogP contribution in [-0.4, -0.2) is 49.8 Å². The number of piperazine rings is 1. The second-order valence-electron chi connectivity index (χ2n) is 5.98. The summed E-state index contributed by atoms with van der Waals surface area (Å²) in [5, 5.41) is 0. The number of sulfonamides is 1. The molecule has 0 unspecified atom stereocenters. The molecule has 1 aliphatic rings. The predicted octanol–water partition coefficient (Wildman–Crippen LogP) is 2.47. The van der Waals surface area contributed by atoms with Crippen LogP contribution in [0.2, 0.25) is 0 Å². The maximum atomic E-state index is 12.8. The van der Waals surface area contributed by atoms with Crippen LogP contribution in [0.25, 0.3) is 0 Å². The summed E-state index contributed by atoms with van der Waals surface area (Å²) in [6.07, 6.45) is 0. The molecule has 1 saturated heterocycles. The molecule has 2 rings (SSSR count). The fourth-order valence-electron chi connectivity index (χ4n) is 2.39. The summed E-state index contributed by atoms with van der Waals surface area (Å²) in [5.74, 6) is 0. The van der Waals surface area contributed by atoms with Crippen molar-refractivity contribution >= 4 is 26.0 Å². The topological polar surface area (TPSA) is 40.6 Å². The number of likely N-dealkylation sites (N-methyl/N-ethyl adjacent to an activating group) is 1. The quantitative estimate of drug-likeness (QED) is 0.813. The number of hydrogen-bond donors (Lipinski definition) is 0. The molecule has 0 N–H and O–H groups in total. The molecule has 112 valence electrons. The normalized spacial score (nSPS) is 21.1. The summed E-state index contributed by atoms with van der Waals surface area (Å²) in [6.45, 7) is 7.77. The molecule has 20 heavy (non-hydrogen) atoms. The van der Waals surface area contributed by atoms with Gasteiger partial charge in [0, 0.05) is 29.6 Å². The number of hydrogen-bond acceptors (Lipinski definition) is 3. The molecule has 1 aliphatic heterocycles. The van der Waals surface area contributed by atoms with Gasteiger partial charge in [-0.05, 0) is 45.5 Å². The van der Waals surface area contributed by atoms with E-state index in [9.17, 15) is 8.42 Å². The first-order chi connectivity index (χ1) is 9.14. The lowest BCUT2D eigenvalue weighted by Crippen LogP contribution is -2.58. The van der Waals surface area contributed by atoms with Gasteiger partial charge in [-0.3, -0.25) is 4.90 Å². The Morgan fingerprint density at radius 3 is 2.50 bits per heavy atom. The Labute approximate surface area is 129 Å². The SMILES string of the molecule is Cc1ccc(Br)cc1S(=O)(=O)N1CCN(C)C(C)(C)C1. The minimum atomic E-state index is -3.43. The average Bonchev–Trinajstić information content (AvgIpc) is 2.35. The number of aryl methyl sites for hydroxylation is 1. The minimum Gasteiger partial charge on any atom is -0.299 e. The first kappa shape index (κ1) is 15.9. The summed E-state index contributed by atoms with van der Waals surface area (Å²) in [7, 11) is -1.40. The molecular weight excluding hydrogens is 340 g/mol. The van der Waals surface area contributed by atoms with Gasteiger partial charge < -0.3 is 0 Å². The van der Waals surface area contributed by atoms with Crippen molar-refractivity contribution in [3.63, 3.8) is 0 Å². The Morgan fingerprint density at radius 1 is 1.25 bits per heavy atom. The number of nitrogens with zero attached hydrogens (tertiary/aromatic N) is 2. The van der Waals surface area contributed by atoms with Gasteiger partial charge in [-0.1, -0.05) is 22.0 Å². The Morgan fingerprint density at radius 2 is 1.90 bits per heavy atom. The van der Waals surface area contributed by atoms with Crippen molar-refractivity contribution in [3.05, 3.63) is 28.2 Å². The molecule has 0 saturated carbocycles. The van der Waals surface area contributed by atoms with Crippen molar-refractivity contribution in [1.29, 1.82) is 0 Å². The molecule has 0 amide bonds. The summed E-state index contributed by atoms with van der Waals surface area (Å²) >= 11 is 3.35. The van der Waals surface area contributed by atoms with Crippen LogP contribution in [-0.2, 0) is 10.0 Å².